The lowest BCUT2D eigenvalue weighted by Gasteiger charge is -2.46. The fourth-order valence-corrected chi connectivity index (χ4v) is 3.19. The van der Waals surface area contributed by atoms with Crippen molar-refractivity contribution >= 4 is 5.91 Å². The zero-order valence-corrected chi connectivity index (χ0v) is 14.7. The van der Waals surface area contributed by atoms with Gasteiger partial charge in [-0.05, 0) is 53.9 Å². The number of piperidine rings is 1. The third-order valence-electron chi connectivity index (χ3n) is 4.01. The molecule has 0 spiro atoms. The van der Waals surface area contributed by atoms with Crippen LogP contribution in [0.25, 0.3) is 0 Å². The van der Waals surface area contributed by atoms with Crippen molar-refractivity contribution < 1.29 is 4.79 Å². The molecule has 0 aliphatic carbocycles. The highest BCUT2D eigenvalue weighted by Crippen LogP contribution is 2.28. The molecule has 5 nitrogen and oxygen atoms in total. The number of rotatable bonds is 5. The van der Waals surface area contributed by atoms with Gasteiger partial charge < -0.3 is 16.0 Å². The Labute approximate surface area is 134 Å². The van der Waals surface area contributed by atoms with Crippen molar-refractivity contribution in [3.63, 3.8) is 0 Å². The van der Waals surface area contributed by atoms with Gasteiger partial charge in [-0.1, -0.05) is 6.92 Å². The number of nitrogens with zero attached hydrogens (tertiary/aromatic N) is 1. The summed E-state index contributed by atoms with van der Waals surface area (Å²) in [5.74, 6) is -0.309. The van der Waals surface area contributed by atoms with E-state index < -0.39 is 0 Å². The predicted molar refractivity (Wildman–Crippen MR) is 89.0 cm³/mol. The van der Waals surface area contributed by atoms with Gasteiger partial charge in [0.2, 0.25) is 0 Å². The summed E-state index contributed by atoms with van der Waals surface area (Å²) in [5, 5.41) is 18.9. The number of amides is 1. The van der Waals surface area contributed by atoms with Gasteiger partial charge in [0.05, 0.1) is 0 Å². The molecule has 1 aliphatic rings. The van der Waals surface area contributed by atoms with Crippen molar-refractivity contribution in [2.45, 2.75) is 84.0 Å². The smallest absolute Gasteiger partial charge is 0.263 e. The molecule has 1 unspecified atom stereocenters. The molecule has 1 rings (SSSR count). The van der Waals surface area contributed by atoms with Gasteiger partial charge in [0.1, 0.15) is 11.6 Å². The molecular weight excluding hydrogens is 276 g/mol. The molecule has 0 bridgehead atoms. The van der Waals surface area contributed by atoms with Crippen LogP contribution in [0.2, 0.25) is 0 Å². The average Bonchev–Trinajstić information content (AvgIpc) is 2.35. The summed E-state index contributed by atoms with van der Waals surface area (Å²) < 4.78 is 0. The molecule has 1 atom stereocenters. The molecule has 0 radical (unpaired) electrons. The molecule has 1 amide bonds. The Morgan fingerprint density at radius 3 is 2.36 bits per heavy atom. The number of nitriles is 1. The van der Waals surface area contributed by atoms with Crippen molar-refractivity contribution in [2.75, 3.05) is 0 Å². The largest absolute Gasteiger partial charge is 0.387 e. The van der Waals surface area contributed by atoms with E-state index in [-0.39, 0.29) is 34.6 Å². The van der Waals surface area contributed by atoms with Crippen LogP contribution in [0, 0.1) is 11.3 Å². The number of carbonyl (C=O) groups is 1. The van der Waals surface area contributed by atoms with Gasteiger partial charge in [-0.25, -0.2) is 0 Å². The molecule has 0 aromatic rings. The van der Waals surface area contributed by atoms with E-state index in [4.69, 9.17) is 0 Å². The third kappa shape index (κ3) is 5.69. The zero-order valence-electron chi connectivity index (χ0n) is 14.7. The molecule has 0 saturated carbocycles. The summed E-state index contributed by atoms with van der Waals surface area (Å²) in [7, 11) is 0. The lowest BCUT2D eigenvalue weighted by atomic mass is 9.80. The minimum atomic E-state index is -0.309. The van der Waals surface area contributed by atoms with Gasteiger partial charge in [0.15, 0.2) is 0 Å². The summed E-state index contributed by atoms with van der Waals surface area (Å²) in [6.45, 7) is 12.6. The third-order valence-corrected chi connectivity index (χ3v) is 4.01. The maximum Gasteiger partial charge on any atom is 0.263 e. The summed E-state index contributed by atoms with van der Waals surface area (Å²) in [5.41, 5.74) is 0.187. The SMILES string of the molecule is CCC(C)NC(=O)/C(C#N)=C\NC1CC(C)(C)NC(C)(C)C1. The Kier molecular flexibility index (Phi) is 6.01. The van der Waals surface area contributed by atoms with E-state index in [1.165, 1.54) is 0 Å². The van der Waals surface area contributed by atoms with E-state index in [1.807, 2.05) is 19.9 Å². The van der Waals surface area contributed by atoms with E-state index in [2.05, 4.69) is 43.6 Å². The maximum atomic E-state index is 12.0. The van der Waals surface area contributed by atoms with Gasteiger partial charge in [-0.15, -0.1) is 0 Å². The van der Waals surface area contributed by atoms with Crippen LogP contribution in [0.1, 0.15) is 60.8 Å². The van der Waals surface area contributed by atoms with Crippen molar-refractivity contribution in [1.29, 1.82) is 5.26 Å². The van der Waals surface area contributed by atoms with Crippen molar-refractivity contribution in [3.05, 3.63) is 11.8 Å². The van der Waals surface area contributed by atoms with Gasteiger partial charge in [-0.2, -0.15) is 5.26 Å². The molecule has 0 aromatic carbocycles. The summed E-state index contributed by atoms with van der Waals surface area (Å²) in [6, 6.07) is 2.30. The van der Waals surface area contributed by atoms with Crippen LogP contribution in [-0.2, 0) is 4.79 Å². The minimum absolute atomic E-state index is 0.0268. The molecule has 124 valence electrons. The van der Waals surface area contributed by atoms with E-state index in [0.717, 1.165) is 19.3 Å². The molecule has 5 heteroatoms. The molecule has 0 aromatic heterocycles. The first-order valence-electron chi connectivity index (χ1n) is 8.05. The normalized spacial score (nSPS) is 22.5. The number of hydrogen-bond acceptors (Lipinski definition) is 4. The van der Waals surface area contributed by atoms with Crippen LogP contribution in [-0.4, -0.2) is 29.1 Å². The van der Waals surface area contributed by atoms with Crippen LogP contribution in [0.3, 0.4) is 0 Å². The number of carbonyl (C=O) groups excluding carboxylic acids is 1. The fourth-order valence-electron chi connectivity index (χ4n) is 3.19. The monoisotopic (exact) mass is 306 g/mol. The highest BCUT2D eigenvalue weighted by atomic mass is 16.1. The second-order valence-electron chi connectivity index (χ2n) is 7.62. The molecule has 1 saturated heterocycles. The fraction of sp³-hybridized carbons (Fsp3) is 0.765. The van der Waals surface area contributed by atoms with Crippen molar-refractivity contribution in [1.82, 2.24) is 16.0 Å². The van der Waals surface area contributed by atoms with E-state index in [1.54, 1.807) is 6.20 Å². The molecule has 1 heterocycles. The van der Waals surface area contributed by atoms with Crippen LogP contribution < -0.4 is 16.0 Å². The first-order valence-corrected chi connectivity index (χ1v) is 8.05. The topological polar surface area (TPSA) is 77.0 Å². The average molecular weight is 306 g/mol. The van der Waals surface area contributed by atoms with Crippen molar-refractivity contribution in [2.24, 2.45) is 0 Å². The molecule has 22 heavy (non-hydrogen) atoms. The lowest BCUT2D eigenvalue weighted by Crippen LogP contribution is -2.61. The summed E-state index contributed by atoms with van der Waals surface area (Å²) in [6.07, 6.45) is 4.30. The quantitative estimate of drug-likeness (QED) is 0.537. The standard InChI is InChI=1S/C17H30N4O/c1-7-12(2)20-15(22)13(10-18)11-19-14-8-16(3,4)21-17(5,6)9-14/h11-12,14,19,21H,7-9H2,1-6H3,(H,20,22)/b13-11-. The van der Waals surface area contributed by atoms with Crippen LogP contribution in [0.4, 0.5) is 0 Å². The molecule has 3 N–H and O–H groups in total. The van der Waals surface area contributed by atoms with E-state index in [0.29, 0.717) is 0 Å². The van der Waals surface area contributed by atoms with E-state index in [9.17, 15) is 10.1 Å². The predicted octanol–water partition coefficient (Wildman–Crippen LogP) is 2.21. The van der Waals surface area contributed by atoms with Gasteiger partial charge in [0, 0.05) is 29.4 Å². The maximum absolute atomic E-state index is 12.0. The summed E-state index contributed by atoms with van der Waals surface area (Å²) >= 11 is 0. The molecular formula is C17H30N4O. The van der Waals surface area contributed by atoms with Crippen LogP contribution in [0.5, 0.6) is 0 Å². The number of nitrogens with one attached hydrogen (secondary N) is 3. The highest BCUT2D eigenvalue weighted by Gasteiger charge is 2.37. The Bertz CT molecular complexity index is 458. The second-order valence-corrected chi connectivity index (χ2v) is 7.62. The highest BCUT2D eigenvalue weighted by molar-refractivity contribution is 5.97. The Morgan fingerprint density at radius 1 is 1.36 bits per heavy atom. The Morgan fingerprint density at radius 2 is 1.91 bits per heavy atom. The minimum Gasteiger partial charge on any atom is -0.387 e. The van der Waals surface area contributed by atoms with Crippen LogP contribution >= 0.6 is 0 Å². The second kappa shape index (κ2) is 7.15. The van der Waals surface area contributed by atoms with Gasteiger partial charge >= 0.3 is 0 Å². The van der Waals surface area contributed by atoms with Gasteiger partial charge in [0.25, 0.3) is 5.91 Å². The lowest BCUT2D eigenvalue weighted by molar-refractivity contribution is -0.117. The van der Waals surface area contributed by atoms with Crippen molar-refractivity contribution in [3.8, 4) is 6.07 Å². The number of hydrogen-bond donors (Lipinski definition) is 3. The summed E-state index contributed by atoms with van der Waals surface area (Å²) in [4.78, 5) is 12.0. The Balaban J connectivity index is 2.72. The van der Waals surface area contributed by atoms with Gasteiger partial charge in [-0.3, -0.25) is 4.79 Å². The first kappa shape index (κ1) is 18.5. The Hall–Kier alpha value is -1.54. The first-order chi connectivity index (χ1) is 10.1. The molecule has 1 fully saturated rings. The van der Waals surface area contributed by atoms with Crippen LogP contribution in [0.15, 0.2) is 11.8 Å². The zero-order chi connectivity index (χ0) is 17.0. The molecule has 1 aliphatic heterocycles. The van der Waals surface area contributed by atoms with E-state index >= 15 is 0 Å².